The second kappa shape index (κ2) is 6.95. The van der Waals surface area contributed by atoms with Crippen molar-refractivity contribution in [1.29, 1.82) is 0 Å². The summed E-state index contributed by atoms with van der Waals surface area (Å²) in [4.78, 5) is 38.7. The van der Waals surface area contributed by atoms with E-state index in [2.05, 4.69) is 10.6 Å². The number of carbonyl (C=O) groups excluding carboxylic acids is 3. The molecule has 144 valence electrons. The van der Waals surface area contributed by atoms with Crippen LogP contribution in [0.15, 0.2) is 42.5 Å². The molecule has 2 aromatic carbocycles. The monoisotopic (exact) mass is 397 g/mol. The van der Waals surface area contributed by atoms with Gasteiger partial charge in [-0.3, -0.25) is 14.5 Å². The number of fused-ring (bicyclic) bond motifs is 1. The van der Waals surface area contributed by atoms with Crippen LogP contribution in [0.25, 0.3) is 0 Å². The second-order valence-electron chi connectivity index (χ2n) is 7.34. The first kappa shape index (κ1) is 18.5. The fraction of sp³-hybridized carbons (Fsp3) is 0.286. The summed E-state index contributed by atoms with van der Waals surface area (Å²) in [6.07, 6.45) is 3.13. The fourth-order valence-electron chi connectivity index (χ4n) is 3.80. The highest BCUT2D eigenvalue weighted by atomic mass is 35.5. The number of hydrogen-bond acceptors (Lipinski definition) is 3. The topological polar surface area (TPSA) is 78.5 Å². The fourth-order valence-corrected chi connectivity index (χ4v) is 3.92. The third-order valence-electron chi connectivity index (χ3n) is 5.38. The number of aryl methyl sites for hydroxylation is 2. The number of amides is 4. The lowest BCUT2D eigenvalue weighted by atomic mass is 9.89. The maximum Gasteiger partial charge on any atom is 0.325 e. The summed E-state index contributed by atoms with van der Waals surface area (Å²) in [6.45, 7) is 1.33. The van der Waals surface area contributed by atoms with Gasteiger partial charge in [-0.15, -0.1) is 0 Å². The number of halogens is 1. The van der Waals surface area contributed by atoms with Crippen LogP contribution in [0.2, 0.25) is 5.02 Å². The highest BCUT2D eigenvalue weighted by molar-refractivity contribution is 6.30. The van der Waals surface area contributed by atoms with Gasteiger partial charge in [0.25, 0.3) is 5.91 Å². The van der Waals surface area contributed by atoms with E-state index in [1.165, 1.54) is 11.1 Å². The Morgan fingerprint density at radius 1 is 1.14 bits per heavy atom. The van der Waals surface area contributed by atoms with E-state index in [1.54, 1.807) is 31.2 Å². The van der Waals surface area contributed by atoms with Crippen molar-refractivity contribution in [3.63, 3.8) is 0 Å². The molecule has 1 aliphatic heterocycles. The molecule has 0 radical (unpaired) electrons. The molecule has 6 nitrogen and oxygen atoms in total. The summed E-state index contributed by atoms with van der Waals surface area (Å²) in [6, 6.07) is 11.9. The highest BCUT2D eigenvalue weighted by Crippen LogP contribution is 2.32. The van der Waals surface area contributed by atoms with Crippen LogP contribution in [0.1, 0.15) is 30.0 Å². The molecular formula is C21H20ClN3O3. The molecule has 1 fully saturated rings. The van der Waals surface area contributed by atoms with Gasteiger partial charge in [-0.1, -0.05) is 29.8 Å². The van der Waals surface area contributed by atoms with Crippen molar-refractivity contribution < 1.29 is 14.4 Å². The van der Waals surface area contributed by atoms with E-state index < -0.39 is 23.4 Å². The molecule has 0 bridgehead atoms. The van der Waals surface area contributed by atoms with E-state index in [9.17, 15) is 14.4 Å². The average Bonchev–Trinajstić information content (AvgIpc) is 3.22. The lowest BCUT2D eigenvalue weighted by Gasteiger charge is -2.23. The zero-order chi connectivity index (χ0) is 19.9. The molecule has 2 aromatic rings. The van der Waals surface area contributed by atoms with Gasteiger partial charge in [0.15, 0.2) is 0 Å². The molecule has 2 N–H and O–H groups in total. The van der Waals surface area contributed by atoms with Crippen molar-refractivity contribution in [2.75, 3.05) is 11.9 Å². The zero-order valence-corrected chi connectivity index (χ0v) is 16.2. The Labute approximate surface area is 167 Å². The highest BCUT2D eigenvalue weighted by Gasteiger charge is 2.49. The molecule has 4 rings (SSSR count). The van der Waals surface area contributed by atoms with E-state index in [0.29, 0.717) is 10.7 Å². The molecule has 0 saturated carbocycles. The predicted octanol–water partition coefficient (Wildman–Crippen LogP) is 3.23. The van der Waals surface area contributed by atoms with Gasteiger partial charge in [0.1, 0.15) is 12.1 Å². The summed E-state index contributed by atoms with van der Waals surface area (Å²) in [5, 5.41) is 5.97. The summed E-state index contributed by atoms with van der Waals surface area (Å²) in [5.74, 6) is -0.884. The Hall–Kier alpha value is -2.86. The maximum absolute atomic E-state index is 13.0. The number of hydrogen-bond donors (Lipinski definition) is 2. The van der Waals surface area contributed by atoms with E-state index in [1.807, 2.05) is 18.2 Å². The molecule has 28 heavy (non-hydrogen) atoms. The molecule has 1 aliphatic carbocycles. The number of imide groups is 1. The quantitative estimate of drug-likeness (QED) is 0.777. The SMILES string of the molecule is C[C@]1(c2ccc3c(c2)CCC3)NC(=O)N(CC(=O)Nc2ccc(Cl)cc2)C1=O. The normalized spacial score (nSPS) is 20.9. The number of benzene rings is 2. The molecule has 0 spiro atoms. The van der Waals surface area contributed by atoms with Crippen LogP contribution >= 0.6 is 11.6 Å². The number of anilines is 1. The van der Waals surface area contributed by atoms with Crippen molar-refractivity contribution in [1.82, 2.24) is 10.2 Å². The van der Waals surface area contributed by atoms with Crippen LogP contribution < -0.4 is 10.6 Å². The summed E-state index contributed by atoms with van der Waals surface area (Å²) >= 11 is 5.83. The molecule has 1 heterocycles. The molecule has 1 saturated heterocycles. The third-order valence-corrected chi connectivity index (χ3v) is 5.63. The van der Waals surface area contributed by atoms with Gasteiger partial charge >= 0.3 is 6.03 Å². The Morgan fingerprint density at radius 2 is 1.86 bits per heavy atom. The van der Waals surface area contributed by atoms with Gasteiger partial charge in [-0.05, 0) is 67.1 Å². The lowest BCUT2D eigenvalue weighted by molar-refractivity contribution is -0.133. The number of nitrogens with zero attached hydrogens (tertiary/aromatic N) is 1. The van der Waals surface area contributed by atoms with E-state index in [-0.39, 0.29) is 6.54 Å². The van der Waals surface area contributed by atoms with Gasteiger partial charge in [0.2, 0.25) is 5.91 Å². The van der Waals surface area contributed by atoms with Crippen LogP contribution in [0.3, 0.4) is 0 Å². The van der Waals surface area contributed by atoms with Crippen LogP contribution in [0.5, 0.6) is 0 Å². The van der Waals surface area contributed by atoms with Crippen molar-refractivity contribution in [2.24, 2.45) is 0 Å². The molecule has 7 heteroatoms. The predicted molar refractivity (Wildman–Crippen MR) is 106 cm³/mol. The number of urea groups is 1. The Morgan fingerprint density at radius 3 is 2.61 bits per heavy atom. The van der Waals surface area contributed by atoms with Crippen molar-refractivity contribution in [3.05, 3.63) is 64.2 Å². The van der Waals surface area contributed by atoms with Crippen molar-refractivity contribution >= 4 is 35.1 Å². The van der Waals surface area contributed by atoms with Crippen LogP contribution in [0, 0.1) is 0 Å². The van der Waals surface area contributed by atoms with Gasteiger partial charge < -0.3 is 10.6 Å². The van der Waals surface area contributed by atoms with Crippen LogP contribution in [-0.4, -0.2) is 29.3 Å². The maximum atomic E-state index is 13.0. The smallest absolute Gasteiger partial charge is 0.325 e. The number of nitrogens with one attached hydrogen (secondary N) is 2. The van der Waals surface area contributed by atoms with Crippen LogP contribution in [0.4, 0.5) is 10.5 Å². The summed E-state index contributed by atoms with van der Waals surface area (Å²) < 4.78 is 0. The Bertz CT molecular complexity index is 973. The van der Waals surface area contributed by atoms with Crippen molar-refractivity contribution in [2.45, 2.75) is 31.7 Å². The van der Waals surface area contributed by atoms with Crippen LogP contribution in [-0.2, 0) is 28.0 Å². The van der Waals surface area contributed by atoms with Gasteiger partial charge in [-0.2, -0.15) is 0 Å². The summed E-state index contributed by atoms with van der Waals surface area (Å²) in [7, 11) is 0. The molecule has 1 atom stereocenters. The van der Waals surface area contributed by atoms with Crippen molar-refractivity contribution in [3.8, 4) is 0 Å². The second-order valence-corrected chi connectivity index (χ2v) is 7.77. The minimum absolute atomic E-state index is 0.353. The standard InChI is InChI=1S/C21H20ClN3O3/c1-21(15-6-5-13-3-2-4-14(13)11-15)19(27)25(20(28)24-21)12-18(26)23-17-9-7-16(22)8-10-17/h5-11H,2-4,12H2,1H3,(H,23,26)(H,24,28)/t21-/m1/s1. The minimum Gasteiger partial charge on any atom is -0.325 e. The number of carbonyl (C=O) groups is 3. The van der Waals surface area contributed by atoms with Gasteiger partial charge in [0, 0.05) is 10.7 Å². The average molecular weight is 398 g/mol. The lowest BCUT2D eigenvalue weighted by Crippen LogP contribution is -2.42. The minimum atomic E-state index is -1.17. The first-order chi connectivity index (χ1) is 13.4. The molecule has 0 unspecified atom stereocenters. The largest absolute Gasteiger partial charge is 0.325 e. The van der Waals surface area contributed by atoms with Gasteiger partial charge in [-0.25, -0.2) is 4.79 Å². The molecule has 0 aromatic heterocycles. The number of rotatable bonds is 4. The first-order valence-electron chi connectivity index (χ1n) is 9.18. The van der Waals surface area contributed by atoms with Gasteiger partial charge in [0.05, 0.1) is 0 Å². The molecular weight excluding hydrogens is 378 g/mol. The zero-order valence-electron chi connectivity index (χ0n) is 15.4. The van der Waals surface area contributed by atoms with E-state index >= 15 is 0 Å². The summed E-state index contributed by atoms with van der Waals surface area (Å²) in [5.41, 5.74) is 2.63. The Balaban J connectivity index is 1.50. The molecule has 2 aliphatic rings. The Kier molecular flexibility index (Phi) is 4.59. The van der Waals surface area contributed by atoms with E-state index in [4.69, 9.17) is 11.6 Å². The molecule has 4 amide bonds. The van der Waals surface area contributed by atoms with E-state index in [0.717, 1.165) is 29.7 Å². The first-order valence-corrected chi connectivity index (χ1v) is 9.56. The third kappa shape index (κ3) is 3.24.